The highest BCUT2D eigenvalue weighted by Gasteiger charge is 2.52. The summed E-state index contributed by atoms with van der Waals surface area (Å²) in [6, 6.07) is 10.2. The molecule has 1 aliphatic rings. The zero-order valence-corrected chi connectivity index (χ0v) is 16.9. The maximum atomic E-state index is 11.4. The first-order chi connectivity index (χ1) is 12.6. The standard InChI is InChI=1S/C21H27BN2O3/c1-14-7-9-17-11-16(8-10-19(17)24-14)12-18(13-23-15(2)25)22-26-20(3,4)21(5,6)27-22/h7-12H,13H2,1-6H3,(H,23,25). The minimum Gasteiger partial charge on any atom is -0.400 e. The molecule has 1 amide bonds. The van der Waals surface area contributed by atoms with Crippen LogP contribution in [0.1, 0.15) is 45.9 Å². The molecule has 2 aromatic rings. The molecule has 6 heteroatoms. The number of pyridine rings is 1. The molecule has 0 saturated carbocycles. The van der Waals surface area contributed by atoms with Crippen molar-refractivity contribution < 1.29 is 14.1 Å². The van der Waals surface area contributed by atoms with Gasteiger partial charge in [0, 0.05) is 24.5 Å². The first kappa shape index (κ1) is 19.6. The largest absolute Gasteiger partial charge is 0.492 e. The van der Waals surface area contributed by atoms with Gasteiger partial charge in [-0.1, -0.05) is 18.2 Å². The quantitative estimate of drug-likeness (QED) is 0.839. The Hall–Kier alpha value is -2.18. The van der Waals surface area contributed by atoms with Gasteiger partial charge < -0.3 is 14.6 Å². The summed E-state index contributed by atoms with van der Waals surface area (Å²) in [5.41, 5.74) is 2.99. The molecule has 1 aliphatic heterocycles. The molecular weight excluding hydrogens is 339 g/mol. The second-order valence-electron chi connectivity index (χ2n) is 8.12. The van der Waals surface area contributed by atoms with Crippen LogP contribution < -0.4 is 5.32 Å². The number of nitrogens with zero attached hydrogens (tertiary/aromatic N) is 1. The maximum Gasteiger partial charge on any atom is 0.492 e. The average Bonchev–Trinajstić information content (AvgIpc) is 2.79. The number of nitrogens with one attached hydrogen (secondary N) is 1. The number of carbonyl (C=O) groups is 1. The van der Waals surface area contributed by atoms with Gasteiger partial charge in [0.05, 0.1) is 16.7 Å². The highest BCUT2D eigenvalue weighted by atomic mass is 16.7. The fraction of sp³-hybridized carbons (Fsp3) is 0.429. The van der Waals surface area contributed by atoms with E-state index in [0.717, 1.165) is 27.6 Å². The maximum absolute atomic E-state index is 11.4. The lowest BCUT2D eigenvalue weighted by molar-refractivity contribution is -0.118. The summed E-state index contributed by atoms with van der Waals surface area (Å²) in [5, 5.41) is 3.93. The van der Waals surface area contributed by atoms with Crippen molar-refractivity contribution in [2.24, 2.45) is 0 Å². The second kappa shape index (κ2) is 7.10. The van der Waals surface area contributed by atoms with Gasteiger partial charge in [0.25, 0.3) is 0 Å². The minimum atomic E-state index is -0.506. The third-order valence-electron chi connectivity index (χ3n) is 5.30. The van der Waals surface area contributed by atoms with Gasteiger partial charge >= 0.3 is 7.12 Å². The van der Waals surface area contributed by atoms with Crippen molar-refractivity contribution in [3.63, 3.8) is 0 Å². The molecular formula is C21H27BN2O3. The summed E-state index contributed by atoms with van der Waals surface area (Å²) in [4.78, 5) is 16.0. The summed E-state index contributed by atoms with van der Waals surface area (Å²) < 4.78 is 12.4. The van der Waals surface area contributed by atoms with Gasteiger partial charge in [0.2, 0.25) is 5.91 Å². The monoisotopic (exact) mass is 366 g/mol. The van der Waals surface area contributed by atoms with E-state index in [0.29, 0.717) is 6.54 Å². The lowest BCUT2D eigenvalue weighted by Gasteiger charge is -2.32. The Balaban J connectivity index is 1.95. The third kappa shape index (κ3) is 4.23. The van der Waals surface area contributed by atoms with Gasteiger partial charge in [-0.15, -0.1) is 0 Å². The Kier molecular flexibility index (Phi) is 5.15. The molecule has 0 unspecified atom stereocenters. The number of hydrogen-bond donors (Lipinski definition) is 1. The van der Waals surface area contributed by atoms with Gasteiger partial charge in [-0.05, 0) is 63.9 Å². The molecule has 0 aliphatic carbocycles. The smallest absolute Gasteiger partial charge is 0.400 e. The predicted octanol–water partition coefficient (Wildman–Crippen LogP) is 3.69. The second-order valence-corrected chi connectivity index (χ2v) is 8.12. The van der Waals surface area contributed by atoms with Crippen LogP contribution in [0.15, 0.2) is 35.8 Å². The zero-order valence-electron chi connectivity index (χ0n) is 16.9. The molecule has 0 bridgehead atoms. The predicted molar refractivity (Wildman–Crippen MR) is 109 cm³/mol. The molecule has 1 fully saturated rings. The van der Waals surface area contributed by atoms with Crippen molar-refractivity contribution in [3.8, 4) is 0 Å². The van der Waals surface area contributed by atoms with E-state index in [4.69, 9.17) is 9.31 Å². The molecule has 5 nitrogen and oxygen atoms in total. The van der Waals surface area contributed by atoms with Gasteiger partial charge in [0.1, 0.15) is 0 Å². The van der Waals surface area contributed by atoms with Crippen LogP contribution in [-0.4, -0.2) is 35.8 Å². The Morgan fingerprint density at radius 1 is 1.15 bits per heavy atom. The fourth-order valence-corrected chi connectivity index (χ4v) is 2.97. The molecule has 1 saturated heterocycles. The molecule has 27 heavy (non-hydrogen) atoms. The Morgan fingerprint density at radius 3 is 2.44 bits per heavy atom. The van der Waals surface area contributed by atoms with Crippen LogP contribution in [-0.2, 0) is 14.1 Å². The van der Waals surface area contributed by atoms with Gasteiger partial charge in [-0.3, -0.25) is 9.78 Å². The highest BCUT2D eigenvalue weighted by molar-refractivity contribution is 6.56. The number of aryl methyl sites for hydroxylation is 1. The van der Waals surface area contributed by atoms with Crippen LogP contribution in [0.2, 0.25) is 0 Å². The van der Waals surface area contributed by atoms with E-state index in [-0.39, 0.29) is 5.91 Å². The first-order valence-corrected chi connectivity index (χ1v) is 9.25. The lowest BCUT2D eigenvalue weighted by atomic mass is 9.77. The molecule has 1 aromatic heterocycles. The van der Waals surface area contributed by atoms with Crippen LogP contribution in [0, 0.1) is 6.92 Å². The van der Waals surface area contributed by atoms with E-state index in [2.05, 4.69) is 22.4 Å². The van der Waals surface area contributed by atoms with Gasteiger partial charge in [-0.25, -0.2) is 0 Å². The van der Waals surface area contributed by atoms with Crippen molar-refractivity contribution in [2.45, 2.75) is 52.7 Å². The van der Waals surface area contributed by atoms with Gasteiger partial charge in [0.15, 0.2) is 0 Å². The van der Waals surface area contributed by atoms with Crippen LogP contribution >= 0.6 is 0 Å². The molecule has 0 atom stereocenters. The molecule has 3 rings (SSSR count). The number of aromatic nitrogens is 1. The molecule has 0 spiro atoms. The van der Waals surface area contributed by atoms with E-state index in [1.807, 2.05) is 58.9 Å². The van der Waals surface area contributed by atoms with E-state index in [9.17, 15) is 4.79 Å². The lowest BCUT2D eigenvalue weighted by Crippen LogP contribution is -2.41. The van der Waals surface area contributed by atoms with Crippen molar-refractivity contribution in [1.82, 2.24) is 10.3 Å². The van der Waals surface area contributed by atoms with Crippen molar-refractivity contribution in [1.29, 1.82) is 0 Å². The van der Waals surface area contributed by atoms with E-state index in [1.165, 1.54) is 6.92 Å². The molecule has 1 aromatic carbocycles. The number of carbonyl (C=O) groups excluding carboxylic acids is 1. The molecule has 2 heterocycles. The Labute approximate surface area is 161 Å². The van der Waals surface area contributed by atoms with E-state index in [1.54, 1.807) is 0 Å². The number of benzene rings is 1. The van der Waals surface area contributed by atoms with Crippen LogP contribution in [0.3, 0.4) is 0 Å². The molecule has 1 N–H and O–H groups in total. The summed E-state index contributed by atoms with van der Waals surface area (Å²) in [7, 11) is -0.506. The van der Waals surface area contributed by atoms with Crippen LogP contribution in [0.5, 0.6) is 0 Å². The number of amides is 1. The Bertz CT molecular complexity index is 889. The number of hydrogen-bond acceptors (Lipinski definition) is 4. The highest BCUT2D eigenvalue weighted by Crippen LogP contribution is 2.38. The normalized spacial score (nSPS) is 18.7. The van der Waals surface area contributed by atoms with Gasteiger partial charge in [-0.2, -0.15) is 0 Å². The van der Waals surface area contributed by atoms with Crippen LogP contribution in [0.4, 0.5) is 0 Å². The summed E-state index contributed by atoms with van der Waals surface area (Å²) in [6.45, 7) is 11.9. The van der Waals surface area contributed by atoms with E-state index < -0.39 is 18.3 Å². The van der Waals surface area contributed by atoms with Crippen molar-refractivity contribution in [2.75, 3.05) is 6.54 Å². The third-order valence-corrected chi connectivity index (χ3v) is 5.30. The number of fused-ring (bicyclic) bond motifs is 1. The molecule has 0 radical (unpaired) electrons. The fourth-order valence-electron chi connectivity index (χ4n) is 2.97. The first-order valence-electron chi connectivity index (χ1n) is 9.25. The summed E-state index contributed by atoms with van der Waals surface area (Å²) in [6.07, 6.45) is 2.03. The van der Waals surface area contributed by atoms with Crippen molar-refractivity contribution >= 4 is 30.0 Å². The average molecular weight is 366 g/mol. The minimum absolute atomic E-state index is 0.0874. The zero-order chi connectivity index (χ0) is 19.8. The molecule has 142 valence electrons. The summed E-state index contributed by atoms with van der Waals surface area (Å²) >= 11 is 0. The number of rotatable bonds is 4. The van der Waals surface area contributed by atoms with Crippen molar-refractivity contribution in [3.05, 3.63) is 47.1 Å². The Morgan fingerprint density at radius 2 is 1.81 bits per heavy atom. The van der Waals surface area contributed by atoms with E-state index >= 15 is 0 Å². The van der Waals surface area contributed by atoms with Crippen LogP contribution in [0.25, 0.3) is 17.0 Å². The topological polar surface area (TPSA) is 60.5 Å². The summed E-state index contributed by atoms with van der Waals surface area (Å²) in [5.74, 6) is -0.0874. The SMILES string of the molecule is CC(=O)NCC(=Cc1ccc2nc(C)ccc2c1)B1OC(C)(C)C(C)(C)O1.